The summed E-state index contributed by atoms with van der Waals surface area (Å²) in [5.74, 6) is -0.955. The molecule has 41 heavy (non-hydrogen) atoms. The first-order valence-corrected chi connectivity index (χ1v) is 17.6. The summed E-state index contributed by atoms with van der Waals surface area (Å²) in [4.78, 5) is 26.5. The Bertz CT molecular complexity index is 1360. The van der Waals surface area contributed by atoms with E-state index in [0.29, 0.717) is 0 Å². The van der Waals surface area contributed by atoms with Gasteiger partial charge in [0.25, 0.3) is 14.1 Å². The molecule has 1 N–H and O–H groups in total. The molecule has 1 aliphatic heterocycles. The molecule has 1 fully saturated rings. The molecule has 0 aromatic carbocycles. The minimum Gasteiger partial charge on any atom is -0.374 e. The van der Waals surface area contributed by atoms with Crippen LogP contribution >= 0.6 is 32.6 Å². The van der Waals surface area contributed by atoms with E-state index in [1.165, 1.54) is 7.11 Å². The molecule has 0 saturated carbocycles. The van der Waals surface area contributed by atoms with Crippen LogP contribution in [0.4, 0.5) is 0 Å². The lowest BCUT2D eigenvalue weighted by molar-refractivity contribution is -0.0482. The summed E-state index contributed by atoms with van der Waals surface area (Å²) in [7, 11) is -8.61. The van der Waals surface area contributed by atoms with Crippen molar-refractivity contribution >= 4 is 32.6 Å². The van der Waals surface area contributed by atoms with Crippen molar-refractivity contribution in [3.05, 3.63) is 44.9 Å². The number of nitrogens with one attached hydrogen (secondary N) is 1. The molecule has 1 aromatic heterocycles. The minimum atomic E-state index is -4.48. The molecule has 228 valence electrons. The number of nitriles is 1. The highest BCUT2D eigenvalue weighted by molar-refractivity contribution is 7.68. The number of hydrogen-bond donors (Lipinski definition) is 1. The average molecular weight is 657 g/mol. The van der Waals surface area contributed by atoms with Crippen LogP contribution in [0.15, 0.2) is 33.7 Å². The first kappa shape index (κ1) is 32.4. The van der Waals surface area contributed by atoms with E-state index in [1.807, 2.05) is 38.4 Å². The van der Waals surface area contributed by atoms with Gasteiger partial charge in [-0.2, -0.15) is 5.26 Å². The predicted molar refractivity (Wildman–Crippen MR) is 151 cm³/mol. The van der Waals surface area contributed by atoms with Gasteiger partial charge in [0.15, 0.2) is 12.9 Å². The van der Waals surface area contributed by atoms with Crippen molar-refractivity contribution in [3.8, 4) is 6.07 Å². The fourth-order valence-corrected chi connectivity index (χ4v) is 8.66. The Balaban J connectivity index is 2.74. The van der Waals surface area contributed by atoms with Crippen LogP contribution in [0.2, 0.25) is 0 Å². The zero-order valence-corrected chi connectivity index (χ0v) is 26.9. The molecule has 15 nitrogen and oxygen atoms in total. The second kappa shape index (κ2) is 17.0. The first-order valence-electron chi connectivity index (χ1n) is 13.3. The minimum absolute atomic E-state index is 0.00244. The molecule has 19 heteroatoms. The monoisotopic (exact) mass is 657 g/mol. The summed E-state index contributed by atoms with van der Waals surface area (Å²) in [6.45, 7) is 8.69. The largest absolute Gasteiger partial charge is 0.511 e. The van der Waals surface area contributed by atoms with E-state index >= 15 is 0 Å². The maximum Gasteiger partial charge on any atom is 0.511 e. The lowest BCUT2D eigenvalue weighted by Gasteiger charge is -2.38. The second-order valence-electron chi connectivity index (χ2n) is 9.07. The third kappa shape index (κ3) is 10.3. The molecule has 0 spiro atoms. The van der Waals surface area contributed by atoms with Crippen LogP contribution in [0.1, 0.15) is 43.1 Å². The van der Waals surface area contributed by atoms with Gasteiger partial charge in [0, 0.05) is 37.2 Å². The van der Waals surface area contributed by atoms with Gasteiger partial charge in [-0.1, -0.05) is 4.31 Å². The van der Waals surface area contributed by atoms with Gasteiger partial charge in [-0.05, 0) is 38.3 Å². The number of hydrogen-bond acceptors (Lipinski definition) is 13. The Morgan fingerprint density at radius 2 is 2.05 bits per heavy atom. The molecule has 0 aliphatic carbocycles. The Morgan fingerprint density at radius 3 is 2.59 bits per heavy atom. The second-order valence-corrected chi connectivity index (χ2v) is 14.2. The Morgan fingerprint density at radius 1 is 1.37 bits per heavy atom. The van der Waals surface area contributed by atoms with Gasteiger partial charge >= 0.3 is 29.8 Å². The van der Waals surface area contributed by atoms with E-state index in [2.05, 4.69) is 9.51 Å². The summed E-state index contributed by atoms with van der Waals surface area (Å²) in [5.41, 5.74) is -1.53. The topological polar surface area (TPSA) is 188 Å². The Labute approximate surface area is 244 Å². The van der Waals surface area contributed by atoms with Crippen LogP contribution < -0.4 is 11.2 Å². The van der Waals surface area contributed by atoms with Crippen LogP contribution in [0.3, 0.4) is 0 Å². The summed E-state index contributed by atoms with van der Waals surface area (Å²) in [6.07, 6.45) is -5.05. The molecule has 1 saturated heterocycles. The van der Waals surface area contributed by atoms with Gasteiger partial charge in [0.2, 0.25) is 0 Å². The Kier molecular flexibility index (Phi) is 13.4. The van der Waals surface area contributed by atoms with Crippen molar-refractivity contribution in [2.24, 2.45) is 0 Å². The quantitative estimate of drug-likeness (QED) is 0.183. The molecular formula is C22H35N4O11P4+. The number of rotatable bonds is 17. The van der Waals surface area contributed by atoms with Crippen molar-refractivity contribution in [1.82, 2.24) is 14.2 Å². The zero-order chi connectivity index (χ0) is 32.5. The molecule has 2 heterocycles. The molecular weight excluding hydrogens is 620 g/mol. The molecule has 1 aliphatic rings. The maximum absolute atomic E-state index is 13.5. The Hall–Kier alpha value is -1.51. The first-order chi connectivity index (χ1) is 20.2. The van der Waals surface area contributed by atoms with E-state index in [9.17, 15) is 23.3 Å². The number of aromatic nitrogens is 2. The van der Waals surface area contributed by atoms with E-state index in [4.69, 9.17) is 30.8 Å². The SMILES string of the molecule is [2H]/C(=C(/[2H])P(=O)(COP=O)O[P+](C)=O)[C@H]1O[C@@H](n2ccc(=O)[nH]c2=O)[C@@H](OC)C1OP(OCCC#N)N(C(C)C)C(C)C. The van der Waals surface area contributed by atoms with Crippen molar-refractivity contribution in [1.29, 1.82) is 5.26 Å². The molecule has 1 aromatic rings. The van der Waals surface area contributed by atoms with Gasteiger partial charge in [0.05, 0.1) is 21.8 Å². The van der Waals surface area contributed by atoms with Crippen LogP contribution in [-0.2, 0) is 41.1 Å². The summed E-state index contributed by atoms with van der Waals surface area (Å²) in [6, 6.07) is 2.08. The standard InChI is InChI=1S/C22H34N4O11P4/c1-15(2)26(16(3)4)40(34-12-7-10-23)36-19-17(9-13-41(31,14-33-38-29)37-39(6)30)35-21(20(19)32-5)25-11-8-18(27)24-22(25)28/h8-9,11,13,15-17,19-21H,7,12,14H2,1-6H3/p+1/b13-9+/t17-,19?,20+,21-,40?,41?/m1/s1/i9D,13D. The lowest BCUT2D eigenvalue weighted by Crippen LogP contribution is -2.41. The number of aromatic amines is 1. The third-order valence-electron chi connectivity index (χ3n) is 5.37. The molecule has 0 amide bonds. The van der Waals surface area contributed by atoms with Gasteiger partial charge in [-0.3, -0.25) is 23.4 Å². The molecule has 7 atom stereocenters. The van der Waals surface area contributed by atoms with Crippen LogP contribution in [0.5, 0.6) is 0 Å². The van der Waals surface area contributed by atoms with Crippen molar-refractivity contribution in [2.45, 2.75) is 70.7 Å². The van der Waals surface area contributed by atoms with Gasteiger partial charge in [-0.25, -0.2) is 14.0 Å². The fraction of sp³-hybridized carbons (Fsp3) is 0.682. The number of nitrogens with zero attached hydrogens (tertiary/aromatic N) is 3. The van der Waals surface area contributed by atoms with Crippen LogP contribution in [0, 0.1) is 11.3 Å². The fourth-order valence-electron chi connectivity index (χ4n) is 3.90. The molecule has 0 bridgehead atoms. The van der Waals surface area contributed by atoms with Crippen molar-refractivity contribution in [3.63, 3.8) is 0 Å². The summed E-state index contributed by atoms with van der Waals surface area (Å²) < 4.78 is 90.5. The highest BCUT2D eigenvalue weighted by Gasteiger charge is 2.49. The van der Waals surface area contributed by atoms with Crippen LogP contribution in [-0.4, -0.2) is 71.3 Å². The van der Waals surface area contributed by atoms with E-state index in [0.717, 1.165) is 23.5 Å². The van der Waals surface area contributed by atoms with E-state index in [1.54, 1.807) is 0 Å². The molecule has 2 rings (SSSR count). The predicted octanol–water partition coefficient (Wildman–Crippen LogP) is 4.47. The highest BCUT2D eigenvalue weighted by Crippen LogP contribution is 2.56. The maximum atomic E-state index is 13.5. The lowest BCUT2D eigenvalue weighted by atomic mass is 10.1. The summed E-state index contributed by atoms with van der Waals surface area (Å²) in [5, 5.41) is 9.07. The molecule has 0 radical (unpaired) electrons. The summed E-state index contributed by atoms with van der Waals surface area (Å²) >= 11 is 0. The van der Waals surface area contributed by atoms with Gasteiger partial charge in [-0.15, -0.1) is 0 Å². The van der Waals surface area contributed by atoms with Crippen molar-refractivity contribution in [2.75, 3.05) is 26.7 Å². The van der Waals surface area contributed by atoms with Gasteiger partial charge in [0.1, 0.15) is 24.7 Å². The number of H-pyrrole nitrogens is 1. The highest BCUT2D eigenvalue weighted by atomic mass is 31.2. The third-order valence-corrected chi connectivity index (χ3v) is 10.8. The average Bonchev–Trinajstić information content (AvgIpc) is 3.27. The smallest absolute Gasteiger partial charge is 0.374 e. The van der Waals surface area contributed by atoms with Gasteiger partial charge < -0.3 is 18.5 Å². The van der Waals surface area contributed by atoms with Crippen LogP contribution in [0.25, 0.3) is 0 Å². The zero-order valence-electron chi connectivity index (χ0n) is 25.4. The van der Waals surface area contributed by atoms with E-state index < -0.39 is 86.6 Å². The number of ether oxygens (including phenoxy) is 2. The van der Waals surface area contributed by atoms with Crippen molar-refractivity contribution < 1.29 is 43.8 Å². The normalized spacial score (nSPS) is 25.0. The molecule has 4 unspecified atom stereocenters. The van der Waals surface area contributed by atoms with E-state index in [-0.39, 0.29) is 25.1 Å². The number of methoxy groups -OCH3 is 1.